The summed E-state index contributed by atoms with van der Waals surface area (Å²) in [5.74, 6) is -0.359. The van der Waals surface area contributed by atoms with Crippen molar-refractivity contribution in [2.24, 2.45) is 0 Å². The minimum absolute atomic E-state index is 0.126. The molecule has 0 bridgehead atoms. The molecule has 2 aromatic rings. The Balaban J connectivity index is 2.15. The smallest absolute Gasteiger partial charge is 0.253 e. The molecule has 20 heavy (non-hydrogen) atoms. The van der Waals surface area contributed by atoms with E-state index in [-0.39, 0.29) is 11.8 Å². The van der Waals surface area contributed by atoms with Crippen LogP contribution in [0.3, 0.4) is 0 Å². The first kappa shape index (κ1) is 13.8. The van der Waals surface area contributed by atoms with Crippen LogP contribution in [0.25, 0.3) is 0 Å². The summed E-state index contributed by atoms with van der Waals surface area (Å²) in [6.07, 6.45) is 1.62. The predicted molar refractivity (Wildman–Crippen MR) is 75.3 cm³/mol. The lowest BCUT2D eigenvalue weighted by Gasteiger charge is -2.18. The van der Waals surface area contributed by atoms with Gasteiger partial charge in [-0.05, 0) is 18.2 Å². The molecule has 6 nitrogen and oxygen atoms in total. The molecule has 0 spiro atoms. The van der Waals surface area contributed by atoms with Crippen LogP contribution >= 0.6 is 0 Å². The summed E-state index contributed by atoms with van der Waals surface area (Å²) in [6.45, 7) is 1.82. The van der Waals surface area contributed by atoms with Gasteiger partial charge >= 0.3 is 0 Å². The van der Waals surface area contributed by atoms with E-state index in [9.17, 15) is 9.59 Å². The summed E-state index contributed by atoms with van der Waals surface area (Å²) >= 11 is 0. The van der Waals surface area contributed by atoms with Gasteiger partial charge in [0.15, 0.2) is 0 Å². The van der Waals surface area contributed by atoms with Gasteiger partial charge in [-0.3, -0.25) is 14.7 Å². The normalized spacial score (nSPS) is 10.1. The minimum Gasteiger partial charge on any atom is -0.346 e. The Bertz CT molecular complexity index is 607. The quantitative estimate of drug-likeness (QED) is 0.881. The van der Waals surface area contributed by atoms with Crippen LogP contribution in [0.2, 0.25) is 0 Å². The fraction of sp³-hybridized carbons (Fsp3) is 0.214. The number of aromatic nitrogens is 2. The molecule has 0 aliphatic rings. The average molecular weight is 272 g/mol. The highest BCUT2D eigenvalue weighted by atomic mass is 16.2. The number of hydrogen-bond acceptors (Lipinski definition) is 3. The van der Waals surface area contributed by atoms with Crippen molar-refractivity contribution in [2.75, 3.05) is 11.9 Å². The van der Waals surface area contributed by atoms with E-state index >= 15 is 0 Å². The predicted octanol–water partition coefficient (Wildman–Crippen LogP) is 1.32. The molecule has 6 heteroatoms. The van der Waals surface area contributed by atoms with Gasteiger partial charge in [0, 0.05) is 20.2 Å². The molecule has 104 valence electrons. The third-order valence-electron chi connectivity index (χ3n) is 2.98. The number of benzene rings is 1. The zero-order valence-electron chi connectivity index (χ0n) is 11.4. The van der Waals surface area contributed by atoms with E-state index in [1.165, 1.54) is 11.8 Å². The molecule has 0 saturated carbocycles. The van der Waals surface area contributed by atoms with Gasteiger partial charge in [0.05, 0.1) is 23.5 Å². The second kappa shape index (κ2) is 6.01. The lowest BCUT2D eigenvalue weighted by Crippen LogP contribution is -2.29. The van der Waals surface area contributed by atoms with E-state index in [2.05, 4.69) is 15.5 Å². The van der Waals surface area contributed by atoms with E-state index in [1.54, 1.807) is 43.6 Å². The van der Waals surface area contributed by atoms with Gasteiger partial charge in [0.25, 0.3) is 5.91 Å². The van der Waals surface area contributed by atoms with E-state index in [0.717, 1.165) is 5.69 Å². The monoisotopic (exact) mass is 272 g/mol. The Labute approximate surface area is 116 Å². The van der Waals surface area contributed by atoms with Crippen molar-refractivity contribution in [1.82, 2.24) is 15.5 Å². The maximum atomic E-state index is 12.2. The number of nitrogens with zero attached hydrogens (tertiary/aromatic N) is 2. The third kappa shape index (κ3) is 3.03. The molecule has 2 rings (SSSR count). The first-order valence-electron chi connectivity index (χ1n) is 6.19. The van der Waals surface area contributed by atoms with Crippen LogP contribution in [0.5, 0.6) is 0 Å². The van der Waals surface area contributed by atoms with Crippen LogP contribution in [-0.2, 0) is 11.3 Å². The van der Waals surface area contributed by atoms with Gasteiger partial charge in [-0.1, -0.05) is 12.1 Å². The number of H-pyrrole nitrogens is 1. The fourth-order valence-corrected chi connectivity index (χ4v) is 1.78. The summed E-state index contributed by atoms with van der Waals surface area (Å²) in [5.41, 5.74) is 1.86. The summed E-state index contributed by atoms with van der Waals surface area (Å²) in [5, 5.41) is 9.37. The highest BCUT2D eigenvalue weighted by Crippen LogP contribution is 2.19. The van der Waals surface area contributed by atoms with Crippen molar-refractivity contribution in [3.63, 3.8) is 0 Å². The van der Waals surface area contributed by atoms with Gasteiger partial charge < -0.3 is 10.2 Å². The molecular formula is C14H16N4O2. The van der Waals surface area contributed by atoms with Gasteiger partial charge in [-0.25, -0.2) is 0 Å². The lowest BCUT2D eigenvalue weighted by atomic mass is 10.1. The molecule has 0 fully saturated rings. The maximum absolute atomic E-state index is 12.2. The first-order chi connectivity index (χ1) is 9.59. The minimum atomic E-state index is -0.233. The molecule has 0 aliphatic carbocycles. The molecule has 0 radical (unpaired) electrons. The molecule has 2 N–H and O–H groups in total. The molecular weight excluding hydrogens is 256 g/mol. The van der Waals surface area contributed by atoms with Crippen LogP contribution in [0, 0.1) is 0 Å². The first-order valence-corrected chi connectivity index (χ1v) is 6.19. The Kier molecular flexibility index (Phi) is 4.14. The summed E-state index contributed by atoms with van der Waals surface area (Å²) < 4.78 is 0. The highest BCUT2D eigenvalue weighted by molar-refractivity contribution is 6.04. The van der Waals surface area contributed by atoms with Crippen LogP contribution in [-0.4, -0.2) is 29.1 Å². The van der Waals surface area contributed by atoms with Crippen LogP contribution in [0.1, 0.15) is 23.0 Å². The van der Waals surface area contributed by atoms with Crippen molar-refractivity contribution < 1.29 is 9.59 Å². The molecule has 2 amide bonds. The summed E-state index contributed by atoms with van der Waals surface area (Å²) in [4.78, 5) is 25.1. The van der Waals surface area contributed by atoms with E-state index in [4.69, 9.17) is 0 Å². The SMILES string of the molecule is CC(=O)N(C)c1ccccc1C(=O)NCc1ccn[nH]1. The topological polar surface area (TPSA) is 78.1 Å². The number of aromatic amines is 1. The second-order valence-corrected chi connectivity index (χ2v) is 4.36. The van der Waals surface area contributed by atoms with Crippen molar-refractivity contribution in [3.05, 3.63) is 47.8 Å². The van der Waals surface area contributed by atoms with E-state index in [0.29, 0.717) is 17.8 Å². The number of carbonyl (C=O) groups is 2. The molecule has 0 unspecified atom stereocenters. The third-order valence-corrected chi connectivity index (χ3v) is 2.98. The summed E-state index contributed by atoms with van der Waals surface area (Å²) in [7, 11) is 1.64. The lowest BCUT2D eigenvalue weighted by molar-refractivity contribution is -0.116. The fourth-order valence-electron chi connectivity index (χ4n) is 1.78. The van der Waals surface area contributed by atoms with Crippen LogP contribution in [0.4, 0.5) is 5.69 Å². The Hall–Kier alpha value is -2.63. The molecule has 1 heterocycles. The maximum Gasteiger partial charge on any atom is 0.253 e. The number of amides is 2. The molecule has 0 saturated heterocycles. The van der Waals surface area contributed by atoms with Gasteiger partial charge in [-0.15, -0.1) is 0 Å². The van der Waals surface area contributed by atoms with Gasteiger partial charge in [0.1, 0.15) is 0 Å². The van der Waals surface area contributed by atoms with Gasteiger partial charge in [-0.2, -0.15) is 5.10 Å². The molecule has 1 aromatic heterocycles. The van der Waals surface area contributed by atoms with Gasteiger partial charge in [0.2, 0.25) is 5.91 Å². The largest absolute Gasteiger partial charge is 0.346 e. The van der Waals surface area contributed by atoms with Crippen molar-refractivity contribution in [1.29, 1.82) is 0 Å². The number of para-hydroxylation sites is 1. The van der Waals surface area contributed by atoms with Crippen molar-refractivity contribution in [3.8, 4) is 0 Å². The second-order valence-electron chi connectivity index (χ2n) is 4.36. The van der Waals surface area contributed by atoms with Crippen LogP contribution < -0.4 is 10.2 Å². The van der Waals surface area contributed by atoms with Crippen LogP contribution in [0.15, 0.2) is 36.5 Å². The van der Waals surface area contributed by atoms with Crippen molar-refractivity contribution in [2.45, 2.75) is 13.5 Å². The number of hydrogen-bond donors (Lipinski definition) is 2. The molecule has 0 aliphatic heterocycles. The number of nitrogens with one attached hydrogen (secondary N) is 2. The average Bonchev–Trinajstić information content (AvgIpc) is 2.97. The number of carbonyl (C=O) groups excluding carboxylic acids is 2. The standard InChI is InChI=1S/C14H16N4O2/c1-10(19)18(2)13-6-4-3-5-12(13)14(20)15-9-11-7-8-16-17-11/h3-8H,9H2,1-2H3,(H,15,20)(H,16,17). The Morgan fingerprint density at radius 3 is 2.70 bits per heavy atom. The molecule has 0 atom stereocenters. The van der Waals surface area contributed by atoms with Crippen molar-refractivity contribution >= 4 is 17.5 Å². The Morgan fingerprint density at radius 1 is 1.30 bits per heavy atom. The Morgan fingerprint density at radius 2 is 2.05 bits per heavy atom. The zero-order chi connectivity index (χ0) is 14.5. The summed E-state index contributed by atoms with van der Waals surface area (Å²) in [6, 6.07) is 8.78. The highest BCUT2D eigenvalue weighted by Gasteiger charge is 2.15. The molecule has 1 aromatic carbocycles. The van der Waals surface area contributed by atoms with E-state index in [1.807, 2.05) is 0 Å². The number of rotatable bonds is 4. The number of anilines is 1. The van der Waals surface area contributed by atoms with E-state index < -0.39 is 0 Å². The zero-order valence-corrected chi connectivity index (χ0v) is 11.4.